The molecule has 0 unspecified atom stereocenters. The van der Waals surface area contributed by atoms with Crippen LogP contribution >= 0.6 is 0 Å². The first-order valence-corrected chi connectivity index (χ1v) is 11.3. The lowest BCUT2D eigenvalue weighted by atomic mass is 9.47. The third-order valence-corrected chi connectivity index (χ3v) is 8.31. The largest absolute Gasteiger partial charge is 0.508 e. The lowest BCUT2D eigenvalue weighted by Crippen LogP contribution is -2.74. The van der Waals surface area contributed by atoms with Crippen molar-refractivity contribution in [3.05, 3.63) is 29.3 Å². The topological polar surface area (TPSA) is 63.9 Å². The third kappa shape index (κ3) is 2.75. The second-order valence-corrected chi connectivity index (χ2v) is 10.6. The number of piperidine rings is 1. The number of fused-ring (bicyclic) bond motifs is 1. The first-order chi connectivity index (χ1) is 13.3. The summed E-state index contributed by atoms with van der Waals surface area (Å²) in [6.45, 7) is 6.50. The predicted molar refractivity (Wildman–Crippen MR) is 109 cm³/mol. The van der Waals surface area contributed by atoms with E-state index >= 15 is 0 Å². The number of likely N-dealkylation sites (tertiary alicyclic amines) is 1. The molecule has 5 atom stereocenters. The zero-order valence-electron chi connectivity index (χ0n) is 17.3. The Morgan fingerprint density at radius 3 is 2.71 bits per heavy atom. The van der Waals surface area contributed by atoms with Gasteiger partial charge in [0, 0.05) is 18.0 Å². The van der Waals surface area contributed by atoms with Crippen molar-refractivity contribution in [2.24, 2.45) is 17.8 Å². The zero-order valence-corrected chi connectivity index (χ0v) is 17.3. The second-order valence-electron chi connectivity index (χ2n) is 10.6. The molecule has 4 nitrogen and oxygen atoms in total. The van der Waals surface area contributed by atoms with Crippen LogP contribution in [0.4, 0.5) is 0 Å². The van der Waals surface area contributed by atoms with Crippen LogP contribution in [-0.2, 0) is 11.8 Å². The first-order valence-electron chi connectivity index (χ1n) is 11.3. The normalized spacial score (nSPS) is 40.2. The van der Waals surface area contributed by atoms with E-state index in [-0.39, 0.29) is 23.8 Å². The van der Waals surface area contributed by atoms with E-state index in [1.165, 1.54) is 18.4 Å². The highest BCUT2D eigenvalue weighted by Crippen LogP contribution is 2.60. The van der Waals surface area contributed by atoms with E-state index in [1.807, 2.05) is 12.1 Å². The highest BCUT2D eigenvalue weighted by Gasteiger charge is 2.66. The van der Waals surface area contributed by atoms with Gasteiger partial charge in [-0.2, -0.15) is 0 Å². The Bertz CT molecular complexity index is 760. The number of phenolic OH excluding ortho intramolecular Hbond substituents is 1. The van der Waals surface area contributed by atoms with Crippen molar-refractivity contribution in [1.82, 2.24) is 4.90 Å². The van der Waals surface area contributed by atoms with Crippen molar-refractivity contribution in [2.75, 3.05) is 13.1 Å². The molecule has 154 valence electrons. The standard InChI is InChI=1S/C24H35NO3/c1-15(2)9-18-12-24(28)22-10-17-5-6-19(26)11-20(17)23(24,13-21(18)27)7-8-25(22)14-16-3-4-16/h5-6,11,15-16,18,21-22,26-28H,3-4,7-10,12-14H2,1-2H3/t18-,21+,22+,23+,24+/m0/s1. The fraction of sp³-hybridized carbons (Fsp3) is 0.750. The first kappa shape index (κ1) is 18.9. The minimum atomic E-state index is -0.820. The fourth-order valence-electron chi connectivity index (χ4n) is 6.87. The summed E-state index contributed by atoms with van der Waals surface area (Å²) in [5.41, 5.74) is 1.10. The molecule has 0 spiro atoms. The van der Waals surface area contributed by atoms with Gasteiger partial charge in [-0.15, -0.1) is 0 Å². The van der Waals surface area contributed by atoms with Crippen LogP contribution in [-0.4, -0.2) is 51.1 Å². The number of aliphatic hydroxyl groups excluding tert-OH is 1. The average molecular weight is 386 g/mol. The summed E-state index contributed by atoms with van der Waals surface area (Å²) in [5, 5.41) is 33.7. The van der Waals surface area contributed by atoms with E-state index < -0.39 is 11.0 Å². The molecule has 2 saturated carbocycles. The van der Waals surface area contributed by atoms with Gasteiger partial charge >= 0.3 is 0 Å². The van der Waals surface area contributed by atoms with Gasteiger partial charge in [0.15, 0.2) is 0 Å². The SMILES string of the molecule is CC(C)C[C@H]1C[C@@]2(O)[C@H]3Cc4ccc(O)cc4[C@@]2(CCN3CC2CC2)C[C@H]1O. The molecule has 4 aliphatic rings. The van der Waals surface area contributed by atoms with E-state index in [0.29, 0.717) is 18.8 Å². The fourth-order valence-corrected chi connectivity index (χ4v) is 6.87. The van der Waals surface area contributed by atoms with Gasteiger partial charge in [0.05, 0.1) is 11.7 Å². The molecular formula is C24H35NO3. The van der Waals surface area contributed by atoms with E-state index in [9.17, 15) is 15.3 Å². The number of benzene rings is 1. The Kier molecular flexibility index (Phi) is 4.35. The molecule has 3 fully saturated rings. The number of hydrogen-bond acceptors (Lipinski definition) is 4. The molecule has 5 rings (SSSR count). The molecule has 0 aromatic heterocycles. The average Bonchev–Trinajstić information content (AvgIpc) is 3.43. The highest BCUT2D eigenvalue weighted by molar-refractivity contribution is 5.48. The van der Waals surface area contributed by atoms with E-state index in [4.69, 9.17) is 0 Å². The van der Waals surface area contributed by atoms with Gasteiger partial charge in [0.25, 0.3) is 0 Å². The van der Waals surface area contributed by atoms with Gasteiger partial charge < -0.3 is 15.3 Å². The summed E-state index contributed by atoms with van der Waals surface area (Å²) in [7, 11) is 0. The molecule has 1 heterocycles. The summed E-state index contributed by atoms with van der Waals surface area (Å²) >= 11 is 0. The van der Waals surface area contributed by atoms with Crippen LogP contribution < -0.4 is 0 Å². The van der Waals surface area contributed by atoms with Crippen LogP contribution in [0.25, 0.3) is 0 Å². The van der Waals surface area contributed by atoms with E-state index in [2.05, 4.69) is 18.7 Å². The summed E-state index contributed by atoms with van der Waals surface area (Å²) < 4.78 is 0. The number of rotatable bonds is 4. The number of hydrogen-bond donors (Lipinski definition) is 3. The maximum Gasteiger partial charge on any atom is 0.115 e. The summed E-state index contributed by atoms with van der Waals surface area (Å²) in [5.74, 6) is 1.74. The summed E-state index contributed by atoms with van der Waals surface area (Å²) in [4.78, 5) is 2.57. The minimum Gasteiger partial charge on any atom is -0.508 e. The van der Waals surface area contributed by atoms with Crippen LogP contribution in [0.2, 0.25) is 0 Å². The number of phenols is 1. The van der Waals surface area contributed by atoms with E-state index in [1.54, 1.807) is 6.07 Å². The molecule has 28 heavy (non-hydrogen) atoms. The molecule has 3 aliphatic carbocycles. The quantitative estimate of drug-likeness (QED) is 0.745. The number of nitrogens with zero attached hydrogens (tertiary/aromatic N) is 1. The lowest BCUT2D eigenvalue weighted by molar-refractivity contribution is -0.199. The van der Waals surface area contributed by atoms with Crippen molar-refractivity contribution in [1.29, 1.82) is 0 Å². The lowest BCUT2D eigenvalue weighted by Gasteiger charge is -2.65. The Morgan fingerprint density at radius 2 is 2.00 bits per heavy atom. The monoisotopic (exact) mass is 385 g/mol. The molecule has 1 aliphatic heterocycles. The Balaban J connectivity index is 1.59. The minimum absolute atomic E-state index is 0.126. The van der Waals surface area contributed by atoms with Gasteiger partial charge in [-0.1, -0.05) is 19.9 Å². The Morgan fingerprint density at radius 1 is 1.21 bits per heavy atom. The van der Waals surface area contributed by atoms with Gasteiger partial charge in [-0.05, 0) is 92.5 Å². The van der Waals surface area contributed by atoms with E-state index in [0.717, 1.165) is 43.8 Å². The van der Waals surface area contributed by atoms with Crippen molar-refractivity contribution in [3.8, 4) is 5.75 Å². The van der Waals surface area contributed by atoms with Crippen molar-refractivity contribution < 1.29 is 15.3 Å². The molecule has 1 aromatic rings. The Labute approximate surface area is 168 Å². The maximum atomic E-state index is 12.4. The molecule has 4 heteroatoms. The predicted octanol–water partition coefficient (Wildman–Crippen LogP) is 3.22. The Hall–Kier alpha value is -1.10. The van der Waals surface area contributed by atoms with Crippen LogP contribution in [0, 0.1) is 17.8 Å². The zero-order chi connectivity index (χ0) is 19.7. The van der Waals surface area contributed by atoms with Gasteiger partial charge in [-0.3, -0.25) is 4.90 Å². The smallest absolute Gasteiger partial charge is 0.115 e. The van der Waals surface area contributed by atoms with Gasteiger partial charge in [0.1, 0.15) is 5.75 Å². The number of aliphatic hydroxyl groups is 2. The van der Waals surface area contributed by atoms with Crippen LogP contribution in [0.1, 0.15) is 63.5 Å². The van der Waals surface area contributed by atoms with Crippen LogP contribution in [0.15, 0.2) is 18.2 Å². The molecule has 2 bridgehead atoms. The summed E-state index contributed by atoms with van der Waals surface area (Å²) in [6, 6.07) is 5.83. The van der Waals surface area contributed by atoms with Crippen LogP contribution in [0.3, 0.4) is 0 Å². The molecule has 3 N–H and O–H groups in total. The second kappa shape index (κ2) is 6.45. The highest BCUT2D eigenvalue weighted by atomic mass is 16.3. The van der Waals surface area contributed by atoms with Crippen molar-refractivity contribution >= 4 is 0 Å². The van der Waals surface area contributed by atoms with Crippen LogP contribution in [0.5, 0.6) is 5.75 Å². The van der Waals surface area contributed by atoms with Gasteiger partial charge in [0.2, 0.25) is 0 Å². The molecule has 1 aromatic carbocycles. The summed E-state index contributed by atoms with van der Waals surface area (Å²) in [6.07, 6.45) is 6.24. The molecule has 0 amide bonds. The molecule has 1 saturated heterocycles. The third-order valence-electron chi connectivity index (χ3n) is 8.31. The number of aromatic hydroxyl groups is 1. The van der Waals surface area contributed by atoms with Crippen molar-refractivity contribution in [3.63, 3.8) is 0 Å². The molecular weight excluding hydrogens is 350 g/mol. The molecule has 0 radical (unpaired) electrons. The maximum absolute atomic E-state index is 12.4. The van der Waals surface area contributed by atoms with Gasteiger partial charge in [-0.25, -0.2) is 0 Å². The van der Waals surface area contributed by atoms with Crippen molar-refractivity contribution in [2.45, 2.75) is 82.0 Å².